The number of methoxy groups -OCH3 is 8. The van der Waals surface area contributed by atoms with E-state index in [-0.39, 0.29) is 43.3 Å². The van der Waals surface area contributed by atoms with Crippen LogP contribution in [0.4, 0.5) is 0 Å². The molecule has 0 saturated carbocycles. The monoisotopic (exact) mass is 1530 g/mol. The Morgan fingerprint density at radius 1 is 0.161 bits per heavy atom. The molecule has 0 atom stereocenters. The largest absolute Gasteiger partial charge is 0.496 e. The summed E-state index contributed by atoms with van der Waals surface area (Å²) in [5, 5.41) is 0. The number of fused-ring (bicyclic) bond motifs is 16. The molecule has 0 aromatic heterocycles. The van der Waals surface area contributed by atoms with Crippen LogP contribution in [0.1, 0.15) is 300 Å². The fourth-order valence-electron chi connectivity index (χ4n) is 15.4. The van der Waals surface area contributed by atoms with Gasteiger partial charge in [0.1, 0.15) is 46.0 Å². The first kappa shape index (κ1) is 88.0. The zero-order valence-corrected chi connectivity index (χ0v) is 74.6. The molecule has 112 heavy (non-hydrogen) atoms. The van der Waals surface area contributed by atoms with Gasteiger partial charge in [-0.05, 0) is 181 Å². The highest BCUT2D eigenvalue weighted by molar-refractivity contribution is 5.59. The Labute approximate surface area is 674 Å². The van der Waals surface area contributed by atoms with E-state index in [1.54, 1.807) is 56.9 Å². The van der Waals surface area contributed by atoms with Crippen LogP contribution in [0.3, 0.4) is 0 Å². The van der Waals surface area contributed by atoms with E-state index in [4.69, 9.17) is 56.8 Å². The zero-order valence-electron chi connectivity index (χ0n) is 74.6. The van der Waals surface area contributed by atoms with Crippen molar-refractivity contribution >= 4 is 0 Å². The molecule has 2 aliphatic rings. The number of hydrogen-bond donors (Lipinski definition) is 0. The quantitative estimate of drug-likeness (QED) is 0.144. The molecule has 10 rings (SSSR count). The molecular formula is C100H136O12. The van der Waals surface area contributed by atoms with Gasteiger partial charge in [0.25, 0.3) is 0 Å². The van der Waals surface area contributed by atoms with Gasteiger partial charge < -0.3 is 56.8 Å². The number of rotatable bonds is 8. The van der Waals surface area contributed by atoms with Crippen molar-refractivity contribution in [2.75, 3.05) is 56.9 Å². The Morgan fingerprint density at radius 2 is 0.250 bits per heavy atom. The van der Waals surface area contributed by atoms with E-state index in [1.807, 2.05) is 0 Å². The van der Waals surface area contributed by atoms with Crippen molar-refractivity contribution in [2.24, 2.45) is 0 Å². The maximum absolute atomic E-state index is 6.69. The van der Waals surface area contributed by atoms with Crippen LogP contribution in [0, 0.1) is 0 Å². The summed E-state index contributed by atoms with van der Waals surface area (Å²) in [5.41, 5.74) is 25.9. The average molecular weight is 1530 g/mol. The first-order valence-electron chi connectivity index (χ1n) is 40.1. The van der Waals surface area contributed by atoms with Crippen LogP contribution in [0.2, 0.25) is 0 Å². The zero-order chi connectivity index (χ0) is 82.8. The first-order chi connectivity index (χ1) is 52.2. The van der Waals surface area contributed by atoms with Crippen molar-refractivity contribution in [3.63, 3.8) is 0 Å². The van der Waals surface area contributed by atoms with E-state index in [0.717, 1.165) is 135 Å². The number of benzene rings is 8. The second-order valence-corrected chi connectivity index (χ2v) is 39.3. The molecule has 12 heteroatoms. The molecule has 12 nitrogen and oxygen atoms in total. The van der Waals surface area contributed by atoms with Crippen molar-refractivity contribution in [3.05, 3.63) is 231 Å². The first-order valence-corrected chi connectivity index (χ1v) is 40.1. The third-order valence-corrected chi connectivity index (χ3v) is 22.1. The van der Waals surface area contributed by atoms with E-state index in [9.17, 15) is 0 Å². The van der Waals surface area contributed by atoms with Crippen LogP contribution >= 0.6 is 0 Å². The van der Waals surface area contributed by atoms with E-state index < -0.39 is 0 Å². The Kier molecular flexibility index (Phi) is 27.2. The van der Waals surface area contributed by atoms with E-state index in [1.165, 1.54) is 44.5 Å². The molecule has 2 aliphatic heterocycles. The van der Waals surface area contributed by atoms with Gasteiger partial charge in [-0.1, -0.05) is 215 Å². The maximum atomic E-state index is 6.69. The summed E-state index contributed by atoms with van der Waals surface area (Å²) >= 11 is 0. The SMILES string of the molecule is COc1c2cc(C(C)(C)C)cc1Cc1cc(C(C)(C)C)cc(c1OC)COCc1cc(C(C)(C)C)cc(c1OC)Cc1cc(C(C)(C)C)cc(c1OC)COC2.COc1c2cc(C(C)(C)C)cc1Cc1cc(C(C)(C)C)cc(c1OC)COCc1cc(C(C)(C)C)cc(c1OC)Cc1cc(C(C)(C)C)cc(c1OC)COC2. The van der Waals surface area contributed by atoms with Gasteiger partial charge in [-0.2, -0.15) is 0 Å². The Hall–Kier alpha value is -8.00. The van der Waals surface area contributed by atoms with Gasteiger partial charge in [0.2, 0.25) is 0 Å². The van der Waals surface area contributed by atoms with Crippen LogP contribution in [-0.2, 0) is 141 Å². The Bertz CT molecular complexity index is 3770. The summed E-state index contributed by atoms with van der Waals surface area (Å²) in [6, 6.07) is 36.3. The third kappa shape index (κ3) is 20.7. The molecule has 0 fully saturated rings. The summed E-state index contributed by atoms with van der Waals surface area (Å²) in [5.74, 6) is 6.70. The normalized spacial score (nSPS) is 14.6. The number of ether oxygens (including phenoxy) is 12. The van der Waals surface area contributed by atoms with Crippen LogP contribution in [0.15, 0.2) is 97.1 Å². The standard InChI is InChI=1S/2C50H68O6/c2*1-47(2,3)39-19-31-17-32-20-40(48(4,5)6)25-37(44(32)52-14)29-56-30-38-26-42(50(10,11)12)22-34(46(38)54-16)18-33-21-41(49(7,8)9)24-36(45(33)53-15)28-55-27-35(23-39)43(31)51-13/h2*19-26H,17-18,27-30H2,1-16H3. The highest BCUT2D eigenvalue weighted by Crippen LogP contribution is 2.46. The fraction of sp³-hybridized carbons (Fsp3) is 0.520. The minimum atomic E-state index is -0.0944. The molecule has 0 aliphatic carbocycles. The topological polar surface area (TPSA) is 111 Å². The summed E-state index contributed by atoms with van der Waals surface area (Å²) in [6.07, 6.45) is 2.48. The molecule has 0 spiro atoms. The fourth-order valence-corrected chi connectivity index (χ4v) is 15.4. The van der Waals surface area contributed by atoms with E-state index in [2.05, 4.69) is 263 Å². The van der Waals surface area contributed by atoms with E-state index in [0.29, 0.717) is 78.5 Å². The molecule has 0 amide bonds. The minimum Gasteiger partial charge on any atom is -0.496 e. The molecule has 0 unspecified atom stereocenters. The Morgan fingerprint density at radius 3 is 0.330 bits per heavy atom. The molecule has 16 bridgehead atoms. The van der Waals surface area contributed by atoms with Gasteiger partial charge in [0, 0.05) is 70.2 Å². The second-order valence-electron chi connectivity index (χ2n) is 39.3. The lowest BCUT2D eigenvalue weighted by Gasteiger charge is -2.27. The van der Waals surface area contributed by atoms with Gasteiger partial charge in [-0.25, -0.2) is 0 Å². The molecule has 608 valence electrons. The average Bonchev–Trinajstić information content (AvgIpc) is 0.785. The van der Waals surface area contributed by atoms with Crippen LogP contribution in [-0.4, -0.2) is 56.9 Å². The molecule has 8 aromatic rings. The van der Waals surface area contributed by atoms with Gasteiger partial charge in [-0.15, -0.1) is 0 Å². The lowest BCUT2D eigenvalue weighted by atomic mass is 9.82. The molecule has 0 saturated heterocycles. The lowest BCUT2D eigenvalue weighted by molar-refractivity contribution is 0.103. The lowest BCUT2D eigenvalue weighted by Crippen LogP contribution is -2.16. The highest BCUT2D eigenvalue weighted by Gasteiger charge is 2.32. The number of hydrogen-bond acceptors (Lipinski definition) is 12. The Balaban J connectivity index is 0.000000257. The molecule has 2 heterocycles. The van der Waals surface area contributed by atoms with Crippen molar-refractivity contribution in [3.8, 4) is 46.0 Å². The smallest absolute Gasteiger partial charge is 0.127 e. The minimum absolute atomic E-state index is 0.0944. The van der Waals surface area contributed by atoms with Crippen molar-refractivity contribution in [1.82, 2.24) is 0 Å². The van der Waals surface area contributed by atoms with Crippen LogP contribution in [0.5, 0.6) is 46.0 Å². The van der Waals surface area contributed by atoms with Gasteiger partial charge >= 0.3 is 0 Å². The summed E-state index contributed by atoms with van der Waals surface area (Å²) < 4.78 is 76.8. The van der Waals surface area contributed by atoms with Crippen LogP contribution < -0.4 is 37.9 Å². The molecular weight excluding hydrogens is 1390 g/mol. The predicted octanol–water partition coefficient (Wildman–Crippen LogP) is 23.7. The van der Waals surface area contributed by atoms with Crippen molar-refractivity contribution in [1.29, 1.82) is 0 Å². The van der Waals surface area contributed by atoms with Crippen molar-refractivity contribution in [2.45, 2.75) is 288 Å². The van der Waals surface area contributed by atoms with Crippen LogP contribution in [0.25, 0.3) is 0 Å². The summed E-state index contributed by atoms with van der Waals surface area (Å²) in [7, 11) is 14.1. The van der Waals surface area contributed by atoms with Crippen molar-refractivity contribution < 1.29 is 56.8 Å². The molecule has 0 radical (unpaired) electrons. The summed E-state index contributed by atoms with van der Waals surface area (Å²) in [6.45, 7) is 57.1. The van der Waals surface area contributed by atoms with Gasteiger partial charge in [-0.3, -0.25) is 0 Å². The highest BCUT2D eigenvalue weighted by atomic mass is 16.5. The second kappa shape index (κ2) is 34.6. The third-order valence-electron chi connectivity index (χ3n) is 22.1. The molecule has 0 N–H and O–H groups in total. The summed E-state index contributed by atoms with van der Waals surface area (Å²) in [4.78, 5) is 0. The van der Waals surface area contributed by atoms with Gasteiger partial charge in [0.05, 0.1) is 110 Å². The molecule has 8 aromatic carbocycles. The predicted molar refractivity (Wildman–Crippen MR) is 459 cm³/mol. The maximum Gasteiger partial charge on any atom is 0.127 e. The van der Waals surface area contributed by atoms with E-state index >= 15 is 0 Å². The van der Waals surface area contributed by atoms with Gasteiger partial charge in [0.15, 0.2) is 0 Å².